The van der Waals surface area contributed by atoms with Crippen molar-refractivity contribution in [2.45, 2.75) is 13.0 Å². The summed E-state index contributed by atoms with van der Waals surface area (Å²) in [5.41, 5.74) is 5.03. The maximum atomic E-state index is 8.98. The van der Waals surface area contributed by atoms with E-state index in [1.165, 1.54) is 6.21 Å². The lowest BCUT2D eigenvalue weighted by molar-refractivity contribution is 0.374. The highest BCUT2D eigenvalue weighted by Gasteiger charge is 2.01. The highest BCUT2D eigenvalue weighted by Crippen LogP contribution is 1.99. The molecule has 0 aliphatic carbocycles. The molecule has 1 atom stereocenters. The van der Waals surface area contributed by atoms with Crippen LogP contribution in [-0.4, -0.2) is 22.0 Å². The summed E-state index contributed by atoms with van der Waals surface area (Å²) >= 11 is 2.88. The average Bonchev–Trinajstić information content (AvgIpc) is 1.98. The highest BCUT2D eigenvalue weighted by molar-refractivity contribution is 9.19. The van der Waals surface area contributed by atoms with E-state index < -0.39 is 6.04 Å². The molecule has 0 rings (SSSR count). The first kappa shape index (κ1) is 10.2. The summed E-state index contributed by atoms with van der Waals surface area (Å²) in [6.45, 7) is 1.67. The van der Waals surface area contributed by atoms with Crippen LogP contribution in [0.25, 0.3) is 0 Å². The molecule has 0 aliphatic heterocycles. The van der Waals surface area contributed by atoms with E-state index in [9.17, 15) is 0 Å². The summed E-state index contributed by atoms with van der Waals surface area (Å²) in [6, 6.07) is -0.391. The van der Waals surface area contributed by atoms with Crippen LogP contribution in [0.4, 0.5) is 0 Å². The lowest BCUT2D eigenvalue weighted by Gasteiger charge is -2.02. The van der Waals surface area contributed by atoms with Gasteiger partial charge in [0.05, 0.1) is 6.21 Å². The maximum Gasteiger partial charge on any atom is 0.132 e. The van der Waals surface area contributed by atoms with E-state index in [-0.39, 0.29) is 10.4 Å². The molecule has 5 heteroatoms. The minimum atomic E-state index is -0.391. The lowest BCUT2D eigenvalue weighted by atomic mass is 10.3. The second kappa shape index (κ2) is 4.90. The monoisotopic (exact) mass is 219 g/mol. The number of aliphatic hydroxyl groups is 1. The molecule has 0 bridgehead atoms. The Morgan fingerprint density at radius 3 is 2.73 bits per heavy atom. The molecule has 4 nitrogen and oxygen atoms in total. The van der Waals surface area contributed by atoms with Crippen molar-refractivity contribution in [3.05, 3.63) is 12.0 Å². The topological polar surface area (TPSA) is 82.5 Å². The predicted octanol–water partition coefficient (Wildman–Crippen LogP) is 1.18. The second-order valence-corrected chi connectivity index (χ2v) is 2.75. The molecule has 0 amide bonds. The van der Waals surface area contributed by atoms with Crippen LogP contribution in [0.5, 0.6) is 0 Å². The highest BCUT2D eigenvalue weighted by atomic mass is 79.9. The van der Waals surface area contributed by atoms with Crippen LogP contribution >= 0.6 is 15.9 Å². The molecule has 0 saturated heterocycles. The van der Waals surface area contributed by atoms with Crippen LogP contribution in [0, 0.1) is 5.41 Å². The van der Waals surface area contributed by atoms with E-state index in [0.717, 1.165) is 6.20 Å². The Kier molecular flexibility index (Phi) is 4.52. The summed E-state index contributed by atoms with van der Waals surface area (Å²) in [5, 5.41) is 15.9. The van der Waals surface area contributed by atoms with Crippen molar-refractivity contribution < 1.29 is 5.11 Å². The van der Waals surface area contributed by atoms with Gasteiger partial charge in [-0.1, -0.05) is 0 Å². The molecule has 0 aliphatic rings. The fraction of sp³-hybridized carbons (Fsp3) is 0.333. The van der Waals surface area contributed by atoms with Crippen molar-refractivity contribution in [2.24, 2.45) is 10.7 Å². The number of rotatable bonds is 3. The van der Waals surface area contributed by atoms with E-state index in [4.69, 9.17) is 16.2 Å². The number of aliphatic imine (C=N–C) groups is 1. The van der Waals surface area contributed by atoms with Gasteiger partial charge in [-0.2, -0.15) is 0 Å². The van der Waals surface area contributed by atoms with Crippen LogP contribution in [0.3, 0.4) is 0 Å². The molecule has 0 heterocycles. The van der Waals surface area contributed by atoms with E-state index in [0.29, 0.717) is 0 Å². The van der Waals surface area contributed by atoms with Gasteiger partial charge in [0.1, 0.15) is 16.4 Å². The molecule has 0 fully saturated rings. The Hall–Kier alpha value is -0.840. The molecule has 4 N–H and O–H groups in total. The molecule has 11 heavy (non-hydrogen) atoms. The number of nitrogens with zero attached hydrogens (tertiary/aromatic N) is 1. The van der Waals surface area contributed by atoms with Crippen LogP contribution in [0.2, 0.25) is 0 Å². The fourth-order valence-corrected chi connectivity index (χ4v) is 0.511. The van der Waals surface area contributed by atoms with Crippen LogP contribution in [-0.2, 0) is 0 Å². The summed E-state index contributed by atoms with van der Waals surface area (Å²) in [6.07, 6.45) is 2.38. The van der Waals surface area contributed by atoms with E-state index in [1.807, 2.05) is 0 Å². The van der Waals surface area contributed by atoms with Crippen LogP contribution < -0.4 is 5.73 Å². The number of hydrogen-bond acceptors (Lipinski definition) is 4. The van der Waals surface area contributed by atoms with E-state index in [1.54, 1.807) is 6.92 Å². The number of aliphatic hydroxyl groups excluding tert-OH is 1. The van der Waals surface area contributed by atoms with Gasteiger partial charge in [-0.25, -0.2) is 0 Å². The average molecular weight is 220 g/mol. The van der Waals surface area contributed by atoms with Crippen molar-refractivity contribution >= 4 is 26.8 Å². The quantitative estimate of drug-likeness (QED) is 0.492. The SMILES string of the molecule is C[C@@H](N=CC(=N)Br)/C(O)=C\N. The fourth-order valence-electron chi connectivity index (χ4n) is 0.393. The standard InChI is InChI=1S/C6H10BrN3O/c1-4(5(11)2-8)10-3-6(7)9/h2-4,9,11H,8H2,1H3/b5-2+,9-6?,10-3?/t4-/m1/s1. The molecule has 0 aromatic carbocycles. The normalized spacial score (nSPS) is 15.3. The van der Waals surface area contributed by atoms with Crippen LogP contribution in [0.1, 0.15) is 6.92 Å². The van der Waals surface area contributed by atoms with Crippen molar-refractivity contribution in [1.82, 2.24) is 0 Å². The third-order valence-corrected chi connectivity index (χ3v) is 1.22. The van der Waals surface area contributed by atoms with Gasteiger partial charge in [0.2, 0.25) is 0 Å². The number of halogens is 1. The second-order valence-electron chi connectivity index (χ2n) is 1.89. The van der Waals surface area contributed by atoms with Crippen molar-refractivity contribution in [2.75, 3.05) is 0 Å². The third kappa shape index (κ3) is 4.55. The number of nitrogens with two attached hydrogens (primary N) is 1. The Balaban J connectivity index is 4.07. The van der Waals surface area contributed by atoms with E-state index in [2.05, 4.69) is 20.9 Å². The molecule has 0 saturated carbocycles. The zero-order valence-electron chi connectivity index (χ0n) is 6.08. The molecule has 0 aromatic heterocycles. The zero-order valence-corrected chi connectivity index (χ0v) is 7.67. The van der Waals surface area contributed by atoms with Crippen molar-refractivity contribution in [1.29, 1.82) is 5.41 Å². The smallest absolute Gasteiger partial charge is 0.132 e. The molecular formula is C6H10BrN3O. The van der Waals surface area contributed by atoms with Crippen molar-refractivity contribution in [3.63, 3.8) is 0 Å². The van der Waals surface area contributed by atoms with Gasteiger partial charge < -0.3 is 10.8 Å². The summed E-state index contributed by atoms with van der Waals surface area (Å²) in [5.74, 6) is -0.00463. The first-order chi connectivity index (χ1) is 5.07. The first-order valence-electron chi connectivity index (χ1n) is 2.96. The number of nitrogens with one attached hydrogen (secondary N) is 1. The maximum absolute atomic E-state index is 8.98. The molecule has 0 spiro atoms. The Bertz CT molecular complexity index is 200. The first-order valence-corrected chi connectivity index (χ1v) is 3.75. The van der Waals surface area contributed by atoms with Gasteiger partial charge in [0, 0.05) is 6.20 Å². The zero-order chi connectivity index (χ0) is 8.85. The van der Waals surface area contributed by atoms with Gasteiger partial charge in [0.25, 0.3) is 0 Å². The molecule has 0 aromatic rings. The number of hydrogen-bond donors (Lipinski definition) is 3. The summed E-state index contributed by atoms with van der Waals surface area (Å²) in [7, 11) is 0. The van der Waals surface area contributed by atoms with Gasteiger partial charge in [-0.15, -0.1) is 0 Å². The van der Waals surface area contributed by atoms with Crippen LogP contribution in [0.15, 0.2) is 17.0 Å². The van der Waals surface area contributed by atoms with Gasteiger partial charge >= 0.3 is 0 Å². The van der Waals surface area contributed by atoms with Gasteiger partial charge in [-0.3, -0.25) is 10.4 Å². The Morgan fingerprint density at radius 1 is 1.82 bits per heavy atom. The summed E-state index contributed by atoms with van der Waals surface area (Å²) in [4.78, 5) is 3.80. The van der Waals surface area contributed by atoms with E-state index >= 15 is 0 Å². The minimum Gasteiger partial charge on any atom is -0.509 e. The Morgan fingerprint density at radius 2 is 2.36 bits per heavy atom. The van der Waals surface area contributed by atoms with Crippen molar-refractivity contribution in [3.8, 4) is 0 Å². The largest absolute Gasteiger partial charge is 0.509 e. The lowest BCUT2D eigenvalue weighted by Crippen LogP contribution is -2.05. The molecule has 0 radical (unpaired) electrons. The molecule has 0 unspecified atom stereocenters. The Labute approximate surface area is 73.5 Å². The van der Waals surface area contributed by atoms with Gasteiger partial charge in [0.15, 0.2) is 0 Å². The molecule has 62 valence electrons. The third-order valence-electron chi connectivity index (χ3n) is 1.01. The summed E-state index contributed by atoms with van der Waals surface area (Å²) < 4.78 is 0.161. The minimum absolute atomic E-state index is 0.00463. The predicted molar refractivity (Wildman–Crippen MR) is 49.5 cm³/mol. The molecular weight excluding hydrogens is 210 g/mol. The van der Waals surface area contributed by atoms with Gasteiger partial charge in [-0.05, 0) is 22.9 Å².